The SMILES string of the molecule is CSCCC(=O)N1CCN(Cc2cccnc2)[C@@H]2CS(=O)(=O)C[C@@H]21. The molecule has 0 aromatic carbocycles. The first-order chi connectivity index (χ1) is 11.5. The fourth-order valence-electron chi connectivity index (χ4n) is 3.59. The Balaban J connectivity index is 1.76. The van der Waals surface area contributed by atoms with Crippen molar-refractivity contribution >= 4 is 27.5 Å². The van der Waals surface area contributed by atoms with Gasteiger partial charge >= 0.3 is 0 Å². The zero-order valence-corrected chi connectivity index (χ0v) is 15.4. The van der Waals surface area contributed by atoms with Crippen molar-refractivity contribution in [1.82, 2.24) is 14.8 Å². The van der Waals surface area contributed by atoms with Crippen LogP contribution in [0.25, 0.3) is 0 Å². The molecule has 0 saturated carbocycles. The minimum absolute atomic E-state index is 0.0810. The second-order valence-corrected chi connectivity index (χ2v) is 9.51. The summed E-state index contributed by atoms with van der Waals surface area (Å²) in [5, 5.41) is 0. The maximum absolute atomic E-state index is 12.5. The van der Waals surface area contributed by atoms with Gasteiger partial charge in [0.1, 0.15) is 0 Å². The van der Waals surface area contributed by atoms with Crippen molar-refractivity contribution < 1.29 is 13.2 Å². The van der Waals surface area contributed by atoms with Gasteiger partial charge in [0.15, 0.2) is 9.84 Å². The zero-order chi connectivity index (χ0) is 17.2. The molecule has 0 N–H and O–H groups in total. The summed E-state index contributed by atoms with van der Waals surface area (Å²) in [6.45, 7) is 1.98. The predicted molar refractivity (Wildman–Crippen MR) is 95.6 cm³/mol. The molecule has 3 heterocycles. The van der Waals surface area contributed by atoms with E-state index >= 15 is 0 Å². The second-order valence-electron chi connectivity index (χ2n) is 6.37. The number of carbonyl (C=O) groups is 1. The molecule has 2 saturated heterocycles. The highest BCUT2D eigenvalue weighted by molar-refractivity contribution is 7.98. The summed E-state index contributed by atoms with van der Waals surface area (Å²) in [6.07, 6.45) is 6.00. The zero-order valence-electron chi connectivity index (χ0n) is 13.8. The van der Waals surface area contributed by atoms with Gasteiger partial charge in [-0.1, -0.05) is 6.07 Å². The van der Waals surface area contributed by atoms with E-state index in [1.165, 1.54) is 0 Å². The van der Waals surface area contributed by atoms with Crippen molar-refractivity contribution in [2.45, 2.75) is 25.0 Å². The van der Waals surface area contributed by atoms with Gasteiger partial charge in [0.05, 0.1) is 17.5 Å². The smallest absolute Gasteiger partial charge is 0.223 e. The lowest BCUT2D eigenvalue weighted by atomic mass is 10.0. The number of piperazine rings is 1. The molecule has 0 radical (unpaired) electrons. The van der Waals surface area contributed by atoms with Crippen molar-refractivity contribution in [3.8, 4) is 0 Å². The topological polar surface area (TPSA) is 70.6 Å². The van der Waals surface area contributed by atoms with Crippen LogP contribution in [-0.2, 0) is 21.2 Å². The molecule has 2 aliphatic rings. The third-order valence-electron chi connectivity index (χ3n) is 4.74. The van der Waals surface area contributed by atoms with Gasteiger partial charge in [-0.2, -0.15) is 11.8 Å². The van der Waals surface area contributed by atoms with E-state index in [9.17, 15) is 13.2 Å². The van der Waals surface area contributed by atoms with E-state index in [0.29, 0.717) is 26.1 Å². The van der Waals surface area contributed by atoms with Crippen molar-refractivity contribution in [1.29, 1.82) is 0 Å². The molecular formula is C16H23N3O3S2. The number of fused-ring (bicyclic) bond motifs is 1. The summed E-state index contributed by atoms with van der Waals surface area (Å²) < 4.78 is 24.4. The number of carbonyl (C=O) groups excluding carboxylic acids is 1. The van der Waals surface area contributed by atoms with Gasteiger partial charge in [0.2, 0.25) is 5.91 Å². The van der Waals surface area contributed by atoms with Gasteiger partial charge in [-0.25, -0.2) is 8.42 Å². The molecule has 0 unspecified atom stereocenters. The van der Waals surface area contributed by atoms with Crippen LogP contribution in [0.4, 0.5) is 0 Å². The normalized spacial score (nSPS) is 26.3. The number of amides is 1. The molecule has 1 aromatic heterocycles. The fraction of sp³-hybridized carbons (Fsp3) is 0.625. The van der Waals surface area contributed by atoms with Crippen molar-refractivity contribution in [3.63, 3.8) is 0 Å². The Morgan fingerprint density at radius 2 is 2.12 bits per heavy atom. The maximum atomic E-state index is 12.5. The Bertz CT molecular complexity index is 681. The average molecular weight is 370 g/mol. The van der Waals surface area contributed by atoms with Crippen LogP contribution < -0.4 is 0 Å². The summed E-state index contributed by atoms with van der Waals surface area (Å²) in [6, 6.07) is 3.57. The van der Waals surface area contributed by atoms with Gasteiger partial charge < -0.3 is 4.90 Å². The van der Waals surface area contributed by atoms with Crippen LogP contribution in [0.15, 0.2) is 24.5 Å². The lowest BCUT2D eigenvalue weighted by Gasteiger charge is -2.44. The summed E-state index contributed by atoms with van der Waals surface area (Å²) in [7, 11) is -3.10. The highest BCUT2D eigenvalue weighted by Gasteiger charge is 2.47. The standard InChI is InChI=1S/C16H23N3O3S2/c1-23-8-4-16(20)19-7-6-18(10-13-3-2-5-17-9-13)14-11-24(21,22)12-15(14)19/h2-3,5,9,14-15H,4,6-8,10-12H2,1H3/t14-,15+/m1/s1. The van der Waals surface area contributed by atoms with E-state index in [1.54, 1.807) is 18.0 Å². The summed E-state index contributed by atoms with van der Waals surface area (Å²) in [4.78, 5) is 20.6. The number of sulfone groups is 1. The van der Waals surface area contributed by atoms with E-state index < -0.39 is 9.84 Å². The lowest BCUT2D eigenvalue weighted by molar-refractivity contribution is -0.136. The fourth-order valence-corrected chi connectivity index (χ4v) is 5.98. The molecule has 2 atom stereocenters. The van der Waals surface area contributed by atoms with Crippen LogP contribution in [0.5, 0.6) is 0 Å². The molecule has 132 valence electrons. The lowest BCUT2D eigenvalue weighted by Crippen LogP contribution is -2.60. The van der Waals surface area contributed by atoms with Crippen molar-refractivity contribution in [2.24, 2.45) is 0 Å². The molecule has 24 heavy (non-hydrogen) atoms. The van der Waals surface area contributed by atoms with Crippen LogP contribution >= 0.6 is 11.8 Å². The van der Waals surface area contributed by atoms with Gasteiger partial charge in [0.25, 0.3) is 0 Å². The van der Waals surface area contributed by atoms with E-state index in [4.69, 9.17) is 0 Å². The van der Waals surface area contributed by atoms with Crippen molar-refractivity contribution in [2.75, 3.05) is 36.6 Å². The van der Waals surface area contributed by atoms with Gasteiger partial charge in [0, 0.05) is 50.2 Å². The molecule has 0 aliphatic carbocycles. The molecule has 1 aromatic rings. The maximum Gasteiger partial charge on any atom is 0.223 e. The average Bonchev–Trinajstić information content (AvgIpc) is 2.89. The highest BCUT2D eigenvalue weighted by atomic mass is 32.2. The monoisotopic (exact) mass is 369 g/mol. The summed E-state index contributed by atoms with van der Waals surface area (Å²) in [5.41, 5.74) is 1.07. The molecular weight excluding hydrogens is 346 g/mol. The summed E-state index contributed by atoms with van der Waals surface area (Å²) >= 11 is 1.64. The third-order valence-corrected chi connectivity index (χ3v) is 7.05. The molecule has 2 aliphatic heterocycles. The number of aromatic nitrogens is 1. The molecule has 3 rings (SSSR count). The van der Waals surface area contributed by atoms with Crippen LogP contribution in [0.3, 0.4) is 0 Å². The molecule has 8 heteroatoms. The van der Waals surface area contributed by atoms with Crippen LogP contribution in [0.2, 0.25) is 0 Å². The number of rotatable bonds is 5. The summed E-state index contributed by atoms with van der Waals surface area (Å²) in [5.74, 6) is 1.09. The largest absolute Gasteiger partial charge is 0.336 e. The Labute approximate surface area is 147 Å². The molecule has 1 amide bonds. The van der Waals surface area contributed by atoms with Gasteiger partial charge in [-0.15, -0.1) is 0 Å². The Morgan fingerprint density at radius 1 is 1.33 bits per heavy atom. The number of hydrogen-bond acceptors (Lipinski definition) is 6. The number of thioether (sulfide) groups is 1. The predicted octanol–water partition coefficient (Wildman–Crippen LogP) is 0.645. The van der Waals surface area contributed by atoms with E-state index in [-0.39, 0.29) is 29.5 Å². The first kappa shape index (κ1) is 17.7. The Morgan fingerprint density at radius 3 is 2.83 bits per heavy atom. The minimum atomic E-state index is -3.10. The minimum Gasteiger partial charge on any atom is -0.336 e. The Hall–Kier alpha value is -1.12. The van der Waals surface area contributed by atoms with Gasteiger partial charge in [-0.05, 0) is 17.9 Å². The first-order valence-electron chi connectivity index (χ1n) is 8.12. The Kier molecular flexibility index (Phi) is 5.46. The number of pyridine rings is 1. The second kappa shape index (κ2) is 7.41. The third kappa shape index (κ3) is 3.92. The van der Waals surface area contributed by atoms with Gasteiger partial charge in [-0.3, -0.25) is 14.7 Å². The van der Waals surface area contributed by atoms with E-state index in [0.717, 1.165) is 11.3 Å². The van der Waals surface area contributed by atoms with Crippen LogP contribution in [0, 0.1) is 0 Å². The molecule has 0 spiro atoms. The van der Waals surface area contributed by atoms with Crippen LogP contribution in [0.1, 0.15) is 12.0 Å². The first-order valence-corrected chi connectivity index (χ1v) is 11.3. The van der Waals surface area contributed by atoms with E-state index in [2.05, 4.69) is 9.88 Å². The quantitative estimate of drug-likeness (QED) is 0.759. The molecule has 2 fully saturated rings. The highest BCUT2D eigenvalue weighted by Crippen LogP contribution is 2.28. The number of nitrogens with zero attached hydrogens (tertiary/aromatic N) is 3. The molecule has 0 bridgehead atoms. The van der Waals surface area contributed by atoms with Crippen molar-refractivity contribution in [3.05, 3.63) is 30.1 Å². The molecule has 6 nitrogen and oxygen atoms in total. The van der Waals surface area contributed by atoms with E-state index in [1.807, 2.05) is 29.5 Å². The number of hydrogen-bond donors (Lipinski definition) is 0. The van der Waals surface area contributed by atoms with Crippen LogP contribution in [-0.4, -0.2) is 77.8 Å².